The fourth-order valence-electron chi connectivity index (χ4n) is 1.34. The van der Waals surface area contributed by atoms with Crippen molar-refractivity contribution in [3.8, 4) is 0 Å². The van der Waals surface area contributed by atoms with E-state index < -0.39 is 11.9 Å². The molecule has 0 aliphatic heterocycles. The number of aromatic nitrogens is 3. The molecule has 0 amide bonds. The van der Waals surface area contributed by atoms with Crippen LogP contribution in [0.4, 0.5) is 5.95 Å². The van der Waals surface area contributed by atoms with Crippen LogP contribution in [0.1, 0.15) is 32.2 Å². The van der Waals surface area contributed by atoms with E-state index >= 15 is 0 Å². The molecule has 1 aromatic heterocycles. The first kappa shape index (κ1) is 13.3. The van der Waals surface area contributed by atoms with E-state index in [2.05, 4.69) is 20.5 Å². The van der Waals surface area contributed by atoms with Crippen molar-refractivity contribution in [3.05, 3.63) is 11.4 Å². The van der Waals surface area contributed by atoms with Crippen LogP contribution >= 0.6 is 0 Å². The van der Waals surface area contributed by atoms with E-state index in [1.54, 1.807) is 6.92 Å². The van der Waals surface area contributed by atoms with Gasteiger partial charge in [-0.05, 0) is 12.8 Å². The second-order valence-corrected chi connectivity index (χ2v) is 3.86. The van der Waals surface area contributed by atoms with Crippen molar-refractivity contribution in [3.63, 3.8) is 0 Å². The van der Waals surface area contributed by atoms with Gasteiger partial charge >= 0.3 is 5.97 Å². The highest BCUT2D eigenvalue weighted by molar-refractivity contribution is 5.70. The summed E-state index contributed by atoms with van der Waals surface area (Å²) >= 11 is 0. The van der Waals surface area contributed by atoms with E-state index in [0.29, 0.717) is 12.5 Å². The van der Waals surface area contributed by atoms with Gasteiger partial charge in [0.2, 0.25) is 5.95 Å². The summed E-state index contributed by atoms with van der Waals surface area (Å²) in [4.78, 5) is 15.0. The zero-order valence-corrected chi connectivity index (χ0v) is 10.4. The highest BCUT2D eigenvalue weighted by Gasteiger charge is 2.12. The average molecular weight is 238 g/mol. The summed E-state index contributed by atoms with van der Waals surface area (Å²) in [6.07, 6.45) is 1.59. The SMILES string of the molecule is CCc1nnc(NCC(C)C(=O)O)nc1CC. The summed E-state index contributed by atoms with van der Waals surface area (Å²) in [7, 11) is 0. The van der Waals surface area contributed by atoms with Gasteiger partial charge in [-0.3, -0.25) is 4.79 Å². The number of nitrogens with one attached hydrogen (secondary N) is 1. The fourth-order valence-corrected chi connectivity index (χ4v) is 1.34. The quantitative estimate of drug-likeness (QED) is 0.772. The van der Waals surface area contributed by atoms with Crippen LogP contribution < -0.4 is 5.32 Å². The second kappa shape index (κ2) is 6.12. The number of rotatable bonds is 6. The number of nitrogens with zero attached hydrogens (tertiary/aromatic N) is 3. The van der Waals surface area contributed by atoms with Gasteiger partial charge < -0.3 is 10.4 Å². The zero-order chi connectivity index (χ0) is 12.8. The van der Waals surface area contributed by atoms with Crippen LogP contribution in [0.3, 0.4) is 0 Å². The van der Waals surface area contributed by atoms with Crippen molar-refractivity contribution in [1.29, 1.82) is 0 Å². The molecule has 0 fully saturated rings. The minimum absolute atomic E-state index is 0.297. The van der Waals surface area contributed by atoms with Gasteiger partial charge in [0, 0.05) is 6.54 Å². The third-order valence-corrected chi connectivity index (χ3v) is 2.50. The standard InChI is InChI=1S/C11H18N4O2/c1-4-8-9(5-2)14-15-11(13-8)12-6-7(3)10(16)17/h7H,4-6H2,1-3H3,(H,16,17)(H,12,13,15). The molecule has 0 bridgehead atoms. The first-order valence-corrected chi connectivity index (χ1v) is 5.77. The number of hydrogen-bond acceptors (Lipinski definition) is 5. The maximum absolute atomic E-state index is 10.6. The first-order chi connectivity index (χ1) is 8.08. The first-order valence-electron chi connectivity index (χ1n) is 5.77. The molecule has 0 aliphatic carbocycles. The Kier molecular flexibility index (Phi) is 4.81. The summed E-state index contributed by atoms with van der Waals surface area (Å²) in [6, 6.07) is 0. The number of hydrogen-bond donors (Lipinski definition) is 2. The molecular weight excluding hydrogens is 220 g/mol. The summed E-state index contributed by atoms with van der Waals surface area (Å²) in [5.74, 6) is -0.923. The molecule has 0 aliphatic rings. The van der Waals surface area contributed by atoms with Gasteiger partial charge in [-0.2, -0.15) is 5.10 Å². The summed E-state index contributed by atoms with van der Waals surface area (Å²) < 4.78 is 0. The molecule has 6 heteroatoms. The van der Waals surface area contributed by atoms with Crippen LogP contribution in [0.5, 0.6) is 0 Å². The van der Waals surface area contributed by atoms with Crippen LogP contribution in [0, 0.1) is 5.92 Å². The average Bonchev–Trinajstić information content (AvgIpc) is 2.35. The van der Waals surface area contributed by atoms with Crippen molar-refractivity contribution in [2.45, 2.75) is 33.6 Å². The Morgan fingerprint density at radius 2 is 1.94 bits per heavy atom. The number of carboxylic acids is 1. The lowest BCUT2D eigenvalue weighted by Crippen LogP contribution is -2.21. The van der Waals surface area contributed by atoms with Gasteiger partial charge in [0.25, 0.3) is 0 Å². The molecule has 0 aromatic carbocycles. The Morgan fingerprint density at radius 3 is 2.47 bits per heavy atom. The van der Waals surface area contributed by atoms with Crippen LogP contribution in [-0.2, 0) is 17.6 Å². The van der Waals surface area contributed by atoms with E-state index in [9.17, 15) is 4.79 Å². The summed E-state index contributed by atoms with van der Waals surface area (Å²) in [5, 5.41) is 19.6. The monoisotopic (exact) mass is 238 g/mol. The van der Waals surface area contributed by atoms with Gasteiger partial charge in [-0.25, -0.2) is 4.98 Å². The van der Waals surface area contributed by atoms with E-state index in [1.807, 2.05) is 13.8 Å². The minimum Gasteiger partial charge on any atom is -0.481 e. The molecule has 2 N–H and O–H groups in total. The van der Waals surface area contributed by atoms with Gasteiger partial charge in [-0.15, -0.1) is 5.10 Å². The third-order valence-electron chi connectivity index (χ3n) is 2.50. The van der Waals surface area contributed by atoms with E-state index in [0.717, 1.165) is 24.2 Å². The number of aryl methyl sites for hydroxylation is 2. The molecule has 1 rings (SSSR count). The number of carboxylic acid groups (broad SMARTS) is 1. The smallest absolute Gasteiger partial charge is 0.308 e. The highest BCUT2D eigenvalue weighted by Crippen LogP contribution is 2.07. The largest absolute Gasteiger partial charge is 0.481 e. The molecule has 1 heterocycles. The fraction of sp³-hybridized carbons (Fsp3) is 0.636. The van der Waals surface area contributed by atoms with Crippen LogP contribution in [0.25, 0.3) is 0 Å². The second-order valence-electron chi connectivity index (χ2n) is 3.86. The highest BCUT2D eigenvalue weighted by atomic mass is 16.4. The van der Waals surface area contributed by atoms with Crippen molar-refractivity contribution >= 4 is 11.9 Å². The molecule has 17 heavy (non-hydrogen) atoms. The predicted molar refractivity (Wildman–Crippen MR) is 63.9 cm³/mol. The Balaban J connectivity index is 2.69. The number of aliphatic carboxylic acids is 1. The van der Waals surface area contributed by atoms with Crippen molar-refractivity contribution in [2.24, 2.45) is 5.92 Å². The lowest BCUT2D eigenvalue weighted by Gasteiger charge is -2.09. The molecule has 94 valence electrons. The van der Waals surface area contributed by atoms with Crippen molar-refractivity contribution in [2.75, 3.05) is 11.9 Å². The normalized spacial score (nSPS) is 12.2. The summed E-state index contributed by atoms with van der Waals surface area (Å²) in [5.41, 5.74) is 1.80. The van der Waals surface area contributed by atoms with Crippen molar-refractivity contribution < 1.29 is 9.90 Å². The topological polar surface area (TPSA) is 88.0 Å². The zero-order valence-electron chi connectivity index (χ0n) is 10.4. The molecule has 6 nitrogen and oxygen atoms in total. The maximum atomic E-state index is 10.6. The Morgan fingerprint density at radius 1 is 1.29 bits per heavy atom. The van der Waals surface area contributed by atoms with E-state index in [1.165, 1.54) is 0 Å². The van der Waals surface area contributed by atoms with Gasteiger partial charge in [-0.1, -0.05) is 20.8 Å². The Hall–Kier alpha value is -1.72. The number of carbonyl (C=O) groups is 1. The third kappa shape index (κ3) is 3.65. The van der Waals surface area contributed by atoms with Crippen molar-refractivity contribution in [1.82, 2.24) is 15.2 Å². The van der Waals surface area contributed by atoms with Gasteiger partial charge in [0.1, 0.15) is 0 Å². The molecule has 0 saturated carbocycles. The van der Waals surface area contributed by atoms with E-state index in [-0.39, 0.29) is 0 Å². The Bertz CT molecular complexity index is 395. The molecule has 0 radical (unpaired) electrons. The Labute approximate surface area is 100 Å². The number of anilines is 1. The molecule has 0 spiro atoms. The maximum Gasteiger partial charge on any atom is 0.308 e. The lowest BCUT2D eigenvalue weighted by molar-refractivity contribution is -0.140. The molecule has 0 saturated heterocycles. The summed E-state index contributed by atoms with van der Waals surface area (Å²) in [6.45, 7) is 5.94. The molecule has 1 unspecified atom stereocenters. The molecular formula is C11H18N4O2. The van der Waals surface area contributed by atoms with E-state index in [4.69, 9.17) is 5.11 Å². The van der Waals surface area contributed by atoms with Crippen LogP contribution in [-0.4, -0.2) is 32.8 Å². The van der Waals surface area contributed by atoms with Gasteiger partial charge in [0.15, 0.2) is 0 Å². The van der Waals surface area contributed by atoms with Crippen LogP contribution in [0.2, 0.25) is 0 Å². The predicted octanol–water partition coefficient (Wildman–Crippen LogP) is 1.13. The van der Waals surface area contributed by atoms with Gasteiger partial charge in [0.05, 0.1) is 17.3 Å². The lowest BCUT2D eigenvalue weighted by atomic mass is 10.2. The molecule has 1 atom stereocenters. The molecule has 1 aromatic rings. The van der Waals surface area contributed by atoms with Crippen LogP contribution in [0.15, 0.2) is 0 Å². The minimum atomic E-state index is -0.841.